The fraction of sp³-hybridized carbons (Fsp3) is 0.429. The van der Waals surface area contributed by atoms with Crippen molar-refractivity contribution in [1.29, 1.82) is 0 Å². The van der Waals surface area contributed by atoms with Gasteiger partial charge >= 0.3 is 0 Å². The van der Waals surface area contributed by atoms with Crippen molar-refractivity contribution in [3.8, 4) is 5.75 Å². The molecule has 0 unspecified atom stereocenters. The Labute approximate surface area is 98.3 Å². The minimum atomic E-state index is 0.941. The highest BCUT2D eigenvalue weighted by atomic mass is 16.5. The first-order chi connectivity index (χ1) is 7.88. The summed E-state index contributed by atoms with van der Waals surface area (Å²) < 4.78 is 5.29. The van der Waals surface area contributed by atoms with Gasteiger partial charge in [0, 0.05) is 0 Å². The minimum Gasteiger partial charge on any atom is -0.496 e. The number of nitrogens with one attached hydrogen (secondary N) is 1. The highest BCUT2D eigenvalue weighted by molar-refractivity contribution is 5.34. The molecule has 0 aliphatic heterocycles. The molecule has 0 aromatic heterocycles. The number of allylic oxidation sites excluding steroid dienone is 1. The first kappa shape index (κ1) is 12.8. The number of para-hydroxylation sites is 1. The van der Waals surface area contributed by atoms with Crippen LogP contribution >= 0.6 is 0 Å². The lowest BCUT2D eigenvalue weighted by Crippen LogP contribution is -2.12. The van der Waals surface area contributed by atoms with Crippen molar-refractivity contribution < 1.29 is 4.74 Å². The summed E-state index contributed by atoms with van der Waals surface area (Å²) in [5, 5.41) is 3.29. The predicted molar refractivity (Wildman–Crippen MR) is 69.0 cm³/mol. The third-order valence-electron chi connectivity index (χ3n) is 2.43. The molecule has 0 atom stereocenters. The number of benzene rings is 1. The van der Waals surface area contributed by atoms with Crippen molar-refractivity contribution in [3.63, 3.8) is 0 Å². The average Bonchev–Trinajstić information content (AvgIpc) is 2.34. The van der Waals surface area contributed by atoms with Gasteiger partial charge in [-0.15, -0.1) is 0 Å². The second-order valence-electron chi connectivity index (χ2n) is 3.63. The topological polar surface area (TPSA) is 21.3 Å². The van der Waals surface area contributed by atoms with Gasteiger partial charge in [0.05, 0.1) is 7.11 Å². The molecule has 1 N–H and O–H groups in total. The van der Waals surface area contributed by atoms with Gasteiger partial charge in [0.25, 0.3) is 0 Å². The van der Waals surface area contributed by atoms with Crippen LogP contribution in [0.5, 0.6) is 5.75 Å². The maximum absolute atomic E-state index is 5.29. The standard InChI is InChI=1S/C14H21NO/c1-3-15-12-8-4-5-9-13-10-6-7-11-14(13)16-2/h4-7,10-11,15H,3,8-9,12H2,1-2H3. The molecule has 2 nitrogen and oxygen atoms in total. The van der Waals surface area contributed by atoms with Crippen LogP contribution in [-0.2, 0) is 6.42 Å². The van der Waals surface area contributed by atoms with Crippen molar-refractivity contribution >= 4 is 0 Å². The van der Waals surface area contributed by atoms with E-state index in [-0.39, 0.29) is 0 Å². The summed E-state index contributed by atoms with van der Waals surface area (Å²) in [6, 6.07) is 8.15. The van der Waals surface area contributed by atoms with E-state index in [2.05, 4.69) is 30.5 Å². The van der Waals surface area contributed by atoms with Gasteiger partial charge in [0.15, 0.2) is 0 Å². The van der Waals surface area contributed by atoms with E-state index in [9.17, 15) is 0 Å². The Morgan fingerprint density at radius 1 is 1.25 bits per heavy atom. The Balaban J connectivity index is 2.36. The van der Waals surface area contributed by atoms with Crippen LogP contribution < -0.4 is 10.1 Å². The molecule has 0 fully saturated rings. The van der Waals surface area contributed by atoms with Crippen LogP contribution in [-0.4, -0.2) is 20.2 Å². The molecule has 0 radical (unpaired) electrons. The van der Waals surface area contributed by atoms with Gasteiger partial charge in [0.2, 0.25) is 0 Å². The largest absolute Gasteiger partial charge is 0.496 e. The summed E-state index contributed by atoms with van der Waals surface area (Å²) in [7, 11) is 1.72. The molecule has 1 aromatic carbocycles. The molecule has 0 spiro atoms. The van der Waals surface area contributed by atoms with E-state index in [4.69, 9.17) is 4.74 Å². The normalized spacial score (nSPS) is 10.9. The molecule has 0 aliphatic carbocycles. The number of hydrogen-bond donors (Lipinski definition) is 1. The lowest BCUT2D eigenvalue weighted by molar-refractivity contribution is 0.410. The molecule has 0 heterocycles. The van der Waals surface area contributed by atoms with Crippen LogP contribution in [0, 0.1) is 0 Å². The lowest BCUT2D eigenvalue weighted by Gasteiger charge is -2.05. The minimum absolute atomic E-state index is 0.941. The van der Waals surface area contributed by atoms with Gasteiger partial charge in [-0.25, -0.2) is 0 Å². The smallest absolute Gasteiger partial charge is 0.122 e. The van der Waals surface area contributed by atoms with Gasteiger partial charge < -0.3 is 10.1 Å². The molecule has 0 saturated heterocycles. The van der Waals surface area contributed by atoms with Crippen LogP contribution in [0.25, 0.3) is 0 Å². The van der Waals surface area contributed by atoms with Gasteiger partial charge in [-0.05, 0) is 37.6 Å². The Morgan fingerprint density at radius 2 is 2.06 bits per heavy atom. The zero-order valence-corrected chi connectivity index (χ0v) is 10.2. The quantitative estimate of drug-likeness (QED) is 0.562. The maximum Gasteiger partial charge on any atom is 0.122 e. The number of ether oxygens (including phenoxy) is 1. The van der Waals surface area contributed by atoms with E-state index < -0.39 is 0 Å². The summed E-state index contributed by atoms with van der Waals surface area (Å²) in [4.78, 5) is 0. The second kappa shape index (κ2) is 7.94. The van der Waals surface area contributed by atoms with Crippen molar-refractivity contribution in [2.45, 2.75) is 19.8 Å². The fourth-order valence-corrected chi connectivity index (χ4v) is 1.56. The molecule has 0 amide bonds. The summed E-state index contributed by atoms with van der Waals surface area (Å²) in [5.74, 6) is 0.971. The number of methoxy groups -OCH3 is 1. The monoisotopic (exact) mass is 219 g/mol. The molecule has 0 saturated carbocycles. The Morgan fingerprint density at radius 3 is 2.81 bits per heavy atom. The van der Waals surface area contributed by atoms with Crippen LogP contribution in [0.2, 0.25) is 0 Å². The summed E-state index contributed by atoms with van der Waals surface area (Å²) in [6.07, 6.45) is 6.45. The van der Waals surface area contributed by atoms with Crippen LogP contribution in [0.3, 0.4) is 0 Å². The van der Waals surface area contributed by atoms with E-state index in [1.54, 1.807) is 7.11 Å². The van der Waals surface area contributed by atoms with E-state index in [1.807, 2.05) is 18.2 Å². The molecule has 16 heavy (non-hydrogen) atoms. The van der Waals surface area contributed by atoms with E-state index in [0.29, 0.717) is 0 Å². The first-order valence-electron chi connectivity index (χ1n) is 5.86. The summed E-state index contributed by atoms with van der Waals surface area (Å²) >= 11 is 0. The molecule has 0 aliphatic rings. The van der Waals surface area contributed by atoms with Crippen molar-refractivity contribution in [2.24, 2.45) is 0 Å². The molecular formula is C14H21NO. The van der Waals surface area contributed by atoms with E-state index in [1.165, 1.54) is 5.56 Å². The Hall–Kier alpha value is -1.28. The van der Waals surface area contributed by atoms with E-state index in [0.717, 1.165) is 31.7 Å². The van der Waals surface area contributed by atoms with Crippen LogP contribution in [0.15, 0.2) is 36.4 Å². The first-order valence-corrected chi connectivity index (χ1v) is 5.86. The Kier molecular flexibility index (Phi) is 6.35. The highest BCUT2D eigenvalue weighted by Crippen LogP contribution is 2.17. The third-order valence-corrected chi connectivity index (χ3v) is 2.43. The highest BCUT2D eigenvalue weighted by Gasteiger charge is 1.97. The number of rotatable bonds is 7. The SMILES string of the molecule is CCNCCC=CCc1ccccc1OC. The lowest BCUT2D eigenvalue weighted by atomic mass is 10.1. The average molecular weight is 219 g/mol. The van der Waals surface area contributed by atoms with Crippen LogP contribution in [0.1, 0.15) is 18.9 Å². The molecule has 0 bridgehead atoms. The maximum atomic E-state index is 5.29. The van der Waals surface area contributed by atoms with Gasteiger partial charge in [-0.2, -0.15) is 0 Å². The van der Waals surface area contributed by atoms with E-state index >= 15 is 0 Å². The fourth-order valence-electron chi connectivity index (χ4n) is 1.56. The molecule has 1 rings (SSSR count). The van der Waals surface area contributed by atoms with Gasteiger partial charge in [-0.1, -0.05) is 37.3 Å². The summed E-state index contributed by atoms with van der Waals surface area (Å²) in [6.45, 7) is 4.22. The third kappa shape index (κ3) is 4.49. The molecule has 1 aromatic rings. The predicted octanol–water partition coefficient (Wildman–Crippen LogP) is 2.79. The van der Waals surface area contributed by atoms with Crippen LogP contribution in [0.4, 0.5) is 0 Å². The second-order valence-corrected chi connectivity index (χ2v) is 3.63. The number of hydrogen-bond acceptors (Lipinski definition) is 2. The zero-order valence-electron chi connectivity index (χ0n) is 10.2. The van der Waals surface area contributed by atoms with Gasteiger partial charge in [-0.3, -0.25) is 0 Å². The summed E-state index contributed by atoms with van der Waals surface area (Å²) in [5.41, 5.74) is 1.24. The molecule has 2 heteroatoms. The molecular weight excluding hydrogens is 198 g/mol. The van der Waals surface area contributed by atoms with Crippen molar-refractivity contribution in [2.75, 3.05) is 20.2 Å². The van der Waals surface area contributed by atoms with Gasteiger partial charge in [0.1, 0.15) is 5.75 Å². The Bertz CT molecular complexity index is 320. The van der Waals surface area contributed by atoms with Crippen molar-refractivity contribution in [1.82, 2.24) is 5.32 Å². The molecule has 88 valence electrons. The zero-order chi connectivity index (χ0) is 11.6. The van der Waals surface area contributed by atoms with Crippen molar-refractivity contribution in [3.05, 3.63) is 42.0 Å².